The van der Waals surface area contributed by atoms with Gasteiger partial charge in [0, 0.05) is 12.1 Å². The SMILES string of the molecule is CCOC(=O)c1cc(S(=O)(=O)c2ccc(CC(C)N)cc2)c(OC)cc1O. The average molecular weight is 393 g/mol. The maximum Gasteiger partial charge on any atom is 0.341 e. The Bertz CT molecular complexity index is 920. The highest BCUT2D eigenvalue weighted by atomic mass is 32.2. The molecule has 0 saturated heterocycles. The Kier molecular flexibility index (Phi) is 6.45. The molecule has 2 rings (SSSR count). The lowest BCUT2D eigenvalue weighted by Gasteiger charge is -2.13. The van der Waals surface area contributed by atoms with Gasteiger partial charge in [-0.25, -0.2) is 13.2 Å². The van der Waals surface area contributed by atoms with Crippen molar-refractivity contribution in [3.05, 3.63) is 47.5 Å². The molecular formula is C19H23NO6S. The number of esters is 1. The fourth-order valence-electron chi connectivity index (χ4n) is 2.59. The van der Waals surface area contributed by atoms with Gasteiger partial charge in [0.25, 0.3) is 0 Å². The standard InChI is InChI=1S/C19H23NO6S/c1-4-26-19(22)15-10-18(17(25-3)11-16(15)21)27(23,24)14-7-5-13(6-8-14)9-12(2)20/h5-8,10-12,21H,4,9,20H2,1-3H3. The van der Waals surface area contributed by atoms with Gasteiger partial charge in [-0.15, -0.1) is 0 Å². The van der Waals surface area contributed by atoms with E-state index in [1.807, 2.05) is 6.92 Å². The second-order valence-corrected chi connectivity index (χ2v) is 7.99. The summed E-state index contributed by atoms with van der Waals surface area (Å²) in [5.41, 5.74) is 6.42. The van der Waals surface area contributed by atoms with Crippen LogP contribution in [0.3, 0.4) is 0 Å². The number of nitrogens with two attached hydrogens (primary N) is 1. The number of carbonyl (C=O) groups excluding carboxylic acids is 1. The van der Waals surface area contributed by atoms with Gasteiger partial charge in [-0.3, -0.25) is 0 Å². The maximum atomic E-state index is 13.1. The van der Waals surface area contributed by atoms with Gasteiger partial charge in [0.05, 0.1) is 18.6 Å². The van der Waals surface area contributed by atoms with E-state index in [2.05, 4.69) is 0 Å². The molecule has 0 heterocycles. The molecule has 0 spiro atoms. The van der Waals surface area contributed by atoms with Gasteiger partial charge >= 0.3 is 5.97 Å². The van der Waals surface area contributed by atoms with E-state index in [1.165, 1.54) is 19.2 Å². The first kappa shape index (κ1) is 20.7. The highest BCUT2D eigenvalue weighted by Gasteiger charge is 2.26. The molecule has 0 radical (unpaired) electrons. The lowest BCUT2D eigenvalue weighted by atomic mass is 10.1. The zero-order valence-corrected chi connectivity index (χ0v) is 16.2. The Hall–Kier alpha value is -2.58. The third kappa shape index (κ3) is 4.58. The summed E-state index contributed by atoms with van der Waals surface area (Å²) in [5.74, 6) is -1.31. The highest BCUT2D eigenvalue weighted by Crippen LogP contribution is 2.35. The number of hydrogen-bond donors (Lipinski definition) is 2. The second kappa shape index (κ2) is 8.41. The molecule has 3 N–H and O–H groups in total. The van der Waals surface area contributed by atoms with E-state index in [9.17, 15) is 18.3 Å². The molecule has 7 nitrogen and oxygen atoms in total. The van der Waals surface area contributed by atoms with Crippen molar-refractivity contribution in [2.45, 2.75) is 36.1 Å². The quantitative estimate of drug-likeness (QED) is 0.693. The van der Waals surface area contributed by atoms with Gasteiger partial charge in [0.1, 0.15) is 22.0 Å². The number of hydrogen-bond acceptors (Lipinski definition) is 7. The first-order valence-corrected chi connectivity index (χ1v) is 9.86. The van der Waals surface area contributed by atoms with E-state index in [4.69, 9.17) is 15.2 Å². The topological polar surface area (TPSA) is 116 Å². The van der Waals surface area contributed by atoms with Crippen molar-refractivity contribution in [3.8, 4) is 11.5 Å². The van der Waals surface area contributed by atoms with Crippen LogP contribution in [0.4, 0.5) is 0 Å². The Labute approximate surface area is 158 Å². The van der Waals surface area contributed by atoms with Gasteiger partial charge in [-0.05, 0) is 44.0 Å². The van der Waals surface area contributed by atoms with E-state index in [-0.39, 0.29) is 33.8 Å². The highest BCUT2D eigenvalue weighted by molar-refractivity contribution is 7.91. The minimum Gasteiger partial charge on any atom is -0.507 e. The minimum atomic E-state index is -3.99. The molecule has 8 heteroatoms. The number of phenolic OH excluding ortho intramolecular Hbond substituents is 1. The fraction of sp³-hybridized carbons (Fsp3) is 0.316. The molecule has 0 amide bonds. The summed E-state index contributed by atoms with van der Waals surface area (Å²) >= 11 is 0. The molecule has 0 saturated carbocycles. The van der Waals surface area contributed by atoms with Gasteiger partial charge in [0.15, 0.2) is 0 Å². The zero-order chi connectivity index (χ0) is 20.2. The van der Waals surface area contributed by atoms with E-state index in [0.717, 1.165) is 17.7 Å². The van der Waals surface area contributed by atoms with Gasteiger partial charge in [0.2, 0.25) is 9.84 Å². The van der Waals surface area contributed by atoms with Crippen LogP contribution in [0.15, 0.2) is 46.2 Å². The average Bonchev–Trinajstić information content (AvgIpc) is 2.61. The Morgan fingerprint density at radius 3 is 2.37 bits per heavy atom. The number of carbonyl (C=O) groups is 1. The molecule has 0 aliphatic heterocycles. The molecule has 146 valence electrons. The largest absolute Gasteiger partial charge is 0.507 e. The van der Waals surface area contributed by atoms with Crippen molar-refractivity contribution in [3.63, 3.8) is 0 Å². The van der Waals surface area contributed by atoms with Crippen LogP contribution in [-0.2, 0) is 21.0 Å². The summed E-state index contributed by atoms with van der Waals surface area (Å²) in [7, 11) is -2.71. The van der Waals surface area contributed by atoms with Crippen LogP contribution in [0.2, 0.25) is 0 Å². The number of rotatable bonds is 7. The number of phenols is 1. The molecule has 27 heavy (non-hydrogen) atoms. The second-order valence-electron chi connectivity index (χ2n) is 6.07. The first-order valence-electron chi connectivity index (χ1n) is 8.38. The van der Waals surface area contributed by atoms with Crippen molar-refractivity contribution in [2.24, 2.45) is 5.73 Å². The summed E-state index contributed by atoms with van der Waals surface area (Å²) in [4.78, 5) is 11.8. The summed E-state index contributed by atoms with van der Waals surface area (Å²) in [6.07, 6.45) is 0.621. The van der Waals surface area contributed by atoms with Gasteiger partial charge in [-0.1, -0.05) is 12.1 Å². The van der Waals surface area contributed by atoms with Crippen LogP contribution in [0.25, 0.3) is 0 Å². The molecule has 0 bridgehead atoms. The molecule has 0 aromatic heterocycles. The van der Waals surface area contributed by atoms with Crippen molar-refractivity contribution in [2.75, 3.05) is 13.7 Å². The summed E-state index contributed by atoms with van der Waals surface area (Å²) in [6, 6.07) is 8.44. The van der Waals surface area contributed by atoms with Crippen LogP contribution in [0.1, 0.15) is 29.8 Å². The van der Waals surface area contributed by atoms with Crippen molar-refractivity contribution < 1.29 is 27.8 Å². The van der Waals surface area contributed by atoms with Gasteiger partial charge in [-0.2, -0.15) is 0 Å². The molecule has 0 aliphatic carbocycles. The van der Waals surface area contributed by atoms with E-state index in [0.29, 0.717) is 6.42 Å². The molecule has 1 unspecified atom stereocenters. The Morgan fingerprint density at radius 2 is 1.85 bits per heavy atom. The fourth-order valence-corrected chi connectivity index (χ4v) is 4.02. The Balaban J connectivity index is 2.53. The molecule has 2 aromatic rings. The first-order chi connectivity index (χ1) is 12.7. The molecule has 1 atom stereocenters. The smallest absolute Gasteiger partial charge is 0.341 e. The summed E-state index contributed by atoms with van der Waals surface area (Å²) in [5, 5.41) is 10.0. The summed E-state index contributed by atoms with van der Waals surface area (Å²) in [6.45, 7) is 3.57. The molecule has 0 fully saturated rings. The third-order valence-corrected chi connectivity index (χ3v) is 5.65. The molecule has 2 aromatic carbocycles. The van der Waals surface area contributed by atoms with Gasteiger partial charge < -0.3 is 20.3 Å². The van der Waals surface area contributed by atoms with Crippen LogP contribution in [0.5, 0.6) is 11.5 Å². The van der Waals surface area contributed by atoms with Crippen LogP contribution in [0, 0.1) is 0 Å². The third-order valence-electron chi connectivity index (χ3n) is 3.86. The van der Waals surface area contributed by atoms with Crippen LogP contribution in [-0.4, -0.2) is 39.3 Å². The van der Waals surface area contributed by atoms with Crippen molar-refractivity contribution in [1.82, 2.24) is 0 Å². The van der Waals surface area contributed by atoms with Crippen LogP contribution < -0.4 is 10.5 Å². The molecular weight excluding hydrogens is 370 g/mol. The van der Waals surface area contributed by atoms with E-state index in [1.54, 1.807) is 19.1 Å². The number of benzene rings is 2. The lowest BCUT2D eigenvalue weighted by molar-refractivity contribution is 0.0522. The number of aromatic hydroxyl groups is 1. The monoisotopic (exact) mass is 393 g/mol. The summed E-state index contributed by atoms with van der Waals surface area (Å²) < 4.78 is 36.1. The normalized spacial score (nSPS) is 12.4. The minimum absolute atomic E-state index is 0.0368. The zero-order valence-electron chi connectivity index (χ0n) is 15.4. The van der Waals surface area contributed by atoms with Crippen LogP contribution >= 0.6 is 0 Å². The predicted molar refractivity (Wildman–Crippen MR) is 99.9 cm³/mol. The number of methoxy groups -OCH3 is 1. The van der Waals surface area contributed by atoms with E-state index >= 15 is 0 Å². The predicted octanol–water partition coefficient (Wildman–Crippen LogP) is 2.30. The van der Waals surface area contributed by atoms with Crippen molar-refractivity contribution >= 4 is 15.8 Å². The van der Waals surface area contributed by atoms with Crippen molar-refractivity contribution in [1.29, 1.82) is 0 Å². The lowest BCUT2D eigenvalue weighted by Crippen LogP contribution is -2.17. The van der Waals surface area contributed by atoms with E-state index < -0.39 is 21.6 Å². The number of ether oxygens (including phenoxy) is 2. The maximum absolute atomic E-state index is 13.1. The Morgan fingerprint density at radius 1 is 1.22 bits per heavy atom. The molecule has 0 aliphatic rings. The number of sulfone groups is 1.